The summed E-state index contributed by atoms with van der Waals surface area (Å²) in [6.45, 7) is 9.72. The number of thiophene rings is 2. The van der Waals surface area contributed by atoms with Gasteiger partial charge in [0.25, 0.3) is 0 Å². The van der Waals surface area contributed by atoms with Crippen molar-refractivity contribution in [1.82, 2.24) is 24.8 Å². The lowest BCUT2D eigenvalue weighted by atomic mass is 9.87. The second-order valence-corrected chi connectivity index (χ2v) is 19.3. The first-order valence-corrected chi connectivity index (χ1v) is 23.4. The van der Waals surface area contributed by atoms with Gasteiger partial charge in [-0.05, 0) is 124 Å². The molecule has 0 unspecified atom stereocenters. The van der Waals surface area contributed by atoms with Crippen LogP contribution in [0.2, 0.25) is 0 Å². The molecule has 15 nitrogen and oxygen atoms in total. The van der Waals surface area contributed by atoms with E-state index in [2.05, 4.69) is 58.8 Å². The van der Waals surface area contributed by atoms with Crippen molar-refractivity contribution in [3.05, 3.63) is 80.1 Å². The molecule has 2 aromatic carbocycles. The smallest absolute Gasteiger partial charge is 0.306 e. The minimum atomic E-state index is -0.724. The zero-order valence-electron chi connectivity index (χ0n) is 36.5. The normalized spacial score (nSPS) is 16.9. The fourth-order valence-corrected chi connectivity index (χ4v) is 11.4. The molecular formula is C47H51N9O6S2. The van der Waals surface area contributed by atoms with E-state index in [1.165, 1.54) is 16.0 Å². The number of aryl methyl sites for hydroxylation is 2. The molecule has 4 aliphatic rings. The Morgan fingerprint density at radius 2 is 1.23 bits per heavy atom. The number of aliphatic hydroxyl groups excluding tert-OH is 1. The maximum Gasteiger partial charge on any atom is 0.306 e. The minimum Gasteiger partial charge on any atom is -0.489 e. The van der Waals surface area contributed by atoms with Gasteiger partial charge in [0.05, 0.1) is 60.0 Å². The molecule has 1 amide bonds. The van der Waals surface area contributed by atoms with Crippen LogP contribution in [0.1, 0.15) is 83.7 Å². The van der Waals surface area contributed by atoms with E-state index in [4.69, 9.17) is 9.47 Å². The number of nitrogens with zero attached hydrogens (tertiary/aromatic N) is 7. The highest BCUT2D eigenvalue weighted by Crippen LogP contribution is 2.44. The molecule has 0 saturated carbocycles. The number of anilines is 4. The van der Waals surface area contributed by atoms with E-state index >= 15 is 0 Å². The highest BCUT2D eigenvalue weighted by molar-refractivity contribution is 7.19. The van der Waals surface area contributed by atoms with Crippen molar-refractivity contribution >= 4 is 90.4 Å². The van der Waals surface area contributed by atoms with Gasteiger partial charge in [-0.15, -0.1) is 22.7 Å². The van der Waals surface area contributed by atoms with Crippen molar-refractivity contribution in [1.29, 1.82) is 0 Å². The van der Waals surface area contributed by atoms with Gasteiger partial charge in [-0.2, -0.15) is 0 Å². The summed E-state index contributed by atoms with van der Waals surface area (Å²) >= 11 is 3.22. The van der Waals surface area contributed by atoms with Crippen LogP contribution in [0.5, 0.6) is 11.5 Å². The second kappa shape index (κ2) is 18.2. The molecular weight excluding hydrogens is 851 g/mol. The summed E-state index contributed by atoms with van der Waals surface area (Å²) in [6.07, 6.45) is 11.2. The molecule has 10 rings (SSSR count). The van der Waals surface area contributed by atoms with Gasteiger partial charge in [0, 0.05) is 41.7 Å². The van der Waals surface area contributed by atoms with Gasteiger partial charge in [0.15, 0.2) is 0 Å². The van der Waals surface area contributed by atoms with Gasteiger partial charge in [0.1, 0.15) is 45.5 Å². The first-order valence-electron chi connectivity index (χ1n) is 21.7. The average Bonchev–Trinajstić information content (AvgIpc) is 4.08. The van der Waals surface area contributed by atoms with Gasteiger partial charge in [-0.1, -0.05) is 0 Å². The summed E-state index contributed by atoms with van der Waals surface area (Å²) in [4.78, 5) is 56.8. The second-order valence-electron chi connectivity index (χ2n) is 17.1. The Morgan fingerprint density at radius 3 is 1.70 bits per heavy atom. The van der Waals surface area contributed by atoms with Gasteiger partial charge < -0.3 is 35.2 Å². The third-order valence-electron chi connectivity index (χ3n) is 11.9. The van der Waals surface area contributed by atoms with Crippen LogP contribution in [0.15, 0.2) is 46.9 Å². The number of likely N-dealkylation sites (N-methyl/N-ethyl adjacent to an activating group) is 1. The van der Waals surface area contributed by atoms with Crippen LogP contribution < -0.4 is 20.1 Å². The maximum absolute atomic E-state index is 12.8. The van der Waals surface area contributed by atoms with Crippen molar-refractivity contribution in [2.75, 3.05) is 30.8 Å². The summed E-state index contributed by atoms with van der Waals surface area (Å²) in [5.74, 6) is 2.03. The number of rotatable bonds is 12. The number of hydrogen-bond donors (Lipinski definition) is 4. The fraction of sp³-hybridized carbons (Fsp3) is 0.404. The highest BCUT2D eigenvalue weighted by Gasteiger charge is 2.32. The molecule has 64 heavy (non-hydrogen) atoms. The summed E-state index contributed by atoms with van der Waals surface area (Å²) in [5.41, 5.74) is 8.57. The molecule has 6 aromatic rings. The topological polar surface area (TPSA) is 197 Å². The molecule has 17 heteroatoms. The maximum atomic E-state index is 12.8. The lowest BCUT2D eigenvalue weighted by Crippen LogP contribution is -2.37. The molecule has 0 fully saturated rings. The van der Waals surface area contributed by atoms with Crippen LogP contribution >= 0.6 is 22.7 Å². The van der Waals surface area contributed by atoms with Crippen LogP contribution in [0.3, 0.4) is 0 Å². The summed E-state index contributed by atoms with van der Waals surface area (Å²) in [5, 5.41) is 27.6. The SMILES string of the molecule is CC(C)Oc1cc2c(cc1Nc1ncnc3sc4c(c13)CC[C@H](C(=O)N(C)CCO)C4)C=NC2.CC(C)Oc1cc2c(cc1Nc1ncnc3sc4c(c13)CC[C@H](C(=O)O)C4)C=NC2. The largest absolute Gasteiger partial charge is 0.489 e. The number of amides is 1. The van der Waals surface area contributed by atoms with Gasteiger partial charge in [-0.25, -0.2) is 19.9 Å². The molecule has 0 spiro atoms. The summed E-state index contributed by atoms with van der Waals surface area (Å²) in [7, 11) is 1.75. The predicted octanol–water partition coefficient (Wildman–Crippen LogP) is 8.05. The first-order chi connectivity index (χ1) is 30.9. The van der Waals surface area contributed by atoms with E-state index in [-0.39, 0.29) is 36.6 Å². The van der Waals surface area contributed by atoms with Crippen LogP contribution in [0, 0.1) is 11.8 Å². The van der Waals surface area contributed by atoms with E-state index in [0.717, 1.165) is 101 Å². The minimum absolute atomic E-state index is 0.0230. The molecule has 2 atom stereocenters. The molecule has 332 valence electrons. The Balaban J connectivity index is 0.000000163. The molecule has 0 saturated heterocycles. The van der Waals surface area contributed by atoms with Crippen molar-refractivity contribution in [3.8, 4) is 11.5 Å². The number of carboxylic acid groups (broad SMARTS) is 1. The number of benzene rings is 2. The molecule has 2 aliphatic heterocycles. The summed E-state index contributed by atoms with van der Waals surface area (Å²) in [6, 6.07) is 8.23. The predicted molar refractivity (Wildman–Crippen MR) is 252 cm³/mol. The number of aliphatic imine (C=N–C) groups is 2. The Kier molecular flexibility index (Phi) is 12.3. The van der Waals surface area contributed by atoms with Crippen molar-refractivity contribution < 1.29 is 29.3 Å². The molecule has 4 N–H and O–H groups in total. The van der Waals surface area contributed by atoms with E-state index in [1.807, 2.05) is 46.2 Å². The first kappa shape index (κ1) is 43.2. The van der Waals surface area contributed by atoms with E-state index in [0.29, 0.717) is 38.9 Å². The summed E-state index contributed by atoms with van der Waals surface area (Å²) < 4.78 is 12.2. The van der Waals surface area contributed by atoms with E-state index in [9.17, 15) is 19.8 Å². The Morgan fingerprint density at radius 1 is 0.750 bits per heavy atom. The zero-order valence-corrected chi connectivity index (χ0v) is 38.1. The lowest BCUT2D eigenvalue weighted by Gasteiger charge is -2.26. The van der Waals surface area contributed by atoms with Gasteiger partial charge >= 0.3 is 5.97 Å². The number of aromatic nitrogens is 4. The van der Waals surface area contributed by atoms with E-state index < -0.39 is 5.97 Å². The van der Waals surface area contributed by atoms with Crippen molar-refractivity contribution in [2.24, 2.45) is 21.8 Å². The lowest BCUT2D eigenvalue weighted by molar-refractivity contribution is -0.142. The number of nitrogens with one attached hydrogen (secondary N) is 2. The van der Waals surface area contributed by atoms with E-state index in [1.54, 1.807) is 47.3 Å². The fourth-order valence-electron chi connectivity index (χ4n) is 8.83. The van der Waals surface area contributed by atoms with Crippen molar-refractivity contribution in [2.45, 2.75) is 91.5 Å². The van der Waals surface area contributed by atoms with Gasteiger partial charge in [-0.3, -0.25) is 19.6 Å². The monoisotopic (exact) mass is 901 g/mol. The van der Waals surface area contributed by atoms with Gasteiger partial charge in [0.2, 0.25) is 5.91 Å². The Hall–Kier alpha value is -6.04. The molecule has 6 heterocycles. The van der Waals surface area contributed by atoms with Crippen LogP contribution in [0.4, 0.5) is 23.0 Å². The highest BCUT2D eigenvalue weighted by atomic mass is 32.1. The standard InChI is InChI=1S/C25H29N5O3S.C22H22N4O3S/c1-14(2)33-20-9-17-12-26-11-16(17)8-19(20)29-23-22-18-5-4-15(25(32)30(3)6-7-31)10-21(18)34-24(22)28-13-27-23;1-11(2)29-17-6-14-9-23-8-13(14)5-16(17)26-20-19-15-4-3-12(22(27)28)7-18(15)30-21(19)25-10-24-20/h8-9,11,13-15,31H,4-7,10,12H2,1-3H3,(H,27,28,29);5-6,8,10-12H,3-4,7,9H2,1-2H3,(H,27,28)(H,24,25,26)/t15-;12-/m00/s1. The number of ether oxygens (including phenoxy) is 2. The number of fused-ring (bicyclic) bond motifs is 8. The Bertz CT molecular complexity index is 2830. The number of carbonyl (C=O) groups excluding carboxylic acids is 1. The molecule has 0 bridgehead atoms. The zero-order chi connectivity index (χ0) is 44.6. The molecule has 4 aromatic heterocycles. The number of aliphatic carboxylic acids is 1. The third kappa shape index (κ3) is 8.75. The Labute approximate surface area is 378 Å². The van der Waals surface area contributed by atoms with Crippen molar-refractivity contribution in [3.63, 3.8) is 0 Å². The average molecular weight is 902 g/mol. The van der Waals surface area contributed by atoms with Crippen LogP contribution in [-0.4, -0.2) is 91.8 Å². The number of aliphatic hydroxyl groups is 1. The number of carbonyl (C=O) groups is 2. The molecule has 2 aliphatic carbocycles. The number of hydrogen-bond acceptors (Lipinski definition) is 15. The quantitative estimate of drug-likeness (QED) is 0.0924. The number of carboxylic acids is 1. The van der Waals surface area contributed by atoms with Crippen LogP contribution in [0.25, 0.3) is 20.4 Å². The molecule has 0 radical (unpaired) electrons. The van der Waals surface area contributed by atoms with Crippen LogP contribution in [-0.2, 0) is 48.4 Å². The third-order valence-corrected chi connectivity index (χ3v) is 14.2.